The second-order valence-electron chi connectivity index (χ2n) is 4.97. The van der Waals surface area contributed by atoms with Gasteiger partial charge in [-0.1, -0.05) is 6.92 Å². The molecule has 4 heteroatoms. The van der Waals surface area contributed by atoms with Crippen LogP contribution in [0.1, 0.15) is 25.3 Å². The number of nitrogens with one attached hydrogen (secondary N) is 1. The molecule has 17 heavy (non-hydrogen) atoms. The number of aromatic nitrogens is 2. The monoisotopic (exact) mass is 238 g/mol. The van der Waals surface area contributed by atoms with Crippen LogP contribution in [0.2, 0.25) is 0 Å². The molecular formula is C13H26N4. The maximum absolute atomic E-state index is 4.20. The average Bonchev–Trinajstić information content (AvgIpc) is 2.68. The van der Waals surface area contributed by atoms with Gasteiger partial charge in [-0.2, -0.15) is 5.10 Å². The fraction of sp³-hybridized carbons (Fsp3) is 0.769. The molecule has 0 aliphatic carbocycles. The molecule has 98 valence electrons. The Labute approximate surface area is 105 Å². The van der Waals surface area contributed by atoms with Gasteiger partial charge in [-0.05, 0) is 45.5 Å². The zero-order valence-electron chi connectivity index (χ0n) is 11.6. The summed E-state index contributed by atoms with van der Waals surface area (Å²) in [4.78, 5) is 2.25. The van der Waals surface area contributed by atoms with Crippen LogP contribution in [0, 0.1) is 0 Å². The first-order valence-electron chi connectivity index (χ1n) is 6.47. The summed E-state index contributed by atoms with van der Waals surface area (Å²) >= 11 is 0. The smallest absolute Gasteiger partial charge is 0.0521 e. The molecule has 0 spiro atoms. The quantitative estimate of drug-likeness (QED) is 0.741. The minimum atomic E-state index is 0.574. The summed E-state index contributed by atoms with van der Waals surface area (Å²) in [5.41, 5.74) is 1.33. The fourth-order valence-electron chi connectivity index (χ4n) is 1.99. The van der Waals surface area contributed by atoms with Crippen LogP contribution >= 0.6 is 0 Å². The molecule has 1 unspecified atom stereocenters. The number of rotatable bonds is 8. The van der Waals surface area contributed by atoms with E-state index in [1.165, 1.54) is 18.4 Å². The maximum Gasteiger partial charge on any atom is 0.0521 e. The van der Waals surface area contributed by atoms with E-state index in [4.69, 9.17) is 0 Å². The van der Waals surface area contributed by atoms with Crippen molar-refractivity contribution in [3.8, 4) is 0 Å². The van der Waals surface area contributed by atoms with Gasteiger partial charge >= 0.3 is 0 Å². The minimum absolute atomic E-state index is 0.574. The highest BCUT2D eigenvalue weighted by atomic mass is 15.2. The summed E-state index contributed by atoms with van der Waals surface area (Å²) in [6.45, 7) is 4.41. The summed E-state index contributed by atoms with van der Waals surface area (Å²) in [7, 11) is 6.23. The number of hydrogen-bond donors (Lipinski definition) is 1. The van der Waals surface area contributed by atoms with Crippen molar-refractivity contribution in [2.24, 2.45) is 7.05 Å². The predicted molar refractivity (Wildman–Crippen MR) is 72.2 cm³/mol. The number of aryl methyl sites for hydroxylation is 2. The van der Waals surface area contributed by atoms with Crippen molar-refractivity contribution in [3.63, 3.8) is 0 Å². The Morgan fingerprint density at radius 3 is 2.76 bits per heavy atom. The van der Waals surface area contributed by atoms with Crippen LogP contribution in [0.5, 0.6) is 0 Å². The van der Waals surface area contributed by atoms with Gasteiger partial charge < -0.3 is 10.2 Å². The molecule has 0 bridgehead atoms. The van der Waals surface area contributed by atoms with E-state index >= 15 is 0 Å². The SMILES string of the molecule is CCCNC(CCc1cnn(C)c1)CN(C)C. The zero-order valence-corrected chi connectivity index (χ0v) is 11.6. The Hall–Kier alpha value is -0.870. The standard InChI is InChI=1S/C13H26N4/c1-5-8-14-13(11-16(2)3)7-6-12-9-15-17(4)10-12/h9-10,13-14H,5-8,11H2,1-4H3. The van der Waals surface area contributed by atoms with Crippen molar-refractivity contribution in [3.05, 3.63) is 18.0 Å². The molecule has 0 saturated carbocycles. The second kappa shape index (κ2) is 7.45. The van der Waals surface area contributed by atoms with Crippen LogP contribution in [0.25, 0.3) is 0 Å². The van der Waals surface area contributed by atoms with Crippen molar-refractivity contribution in [2.45, 2.75) is 32.2 Å². The van der Waals surface area contributed by atoms with E-state index < -0.39 is 0 Å². The lowest BCUT2D eigenvalue weighted by Crippen LogP contribution is -2.38. The molecule has 0 amide bonds. The van der Waals surface area contributed by atoms with Crippen LogP contribution < -0.4 is 5.32 Å². The Morgan fingerprint density at radius 1 is 1.47 bits per heavy atom. The molecule has 0 radical (unpaired) electrons. The summed E-state index contributed by atoms with van der Waals surface area (Å²) < 4.78 is 1.87. The van der Waals surface area contributed by atoms with Gasteiger partial charge in [-0.25, -0.2) is 0 Å². The van der Waals surface area contributed by atoms with Gasteiger partial charge in [0.1, 0.15) is 0 Å². The molecular weight excluding hydrogens is 212 g/mol. The molecule has 0 aromatic carbocycles. The van der Waals surface area contributed by atoms with Gasteiger partial charge in [0.15, 0.2) is 0 Å². The van der Waals surface area contributed by atoms with Gasteiger partial charge in [0.25, 0.3) is 0 Å². The third-order valence-electron chi connectivity index (χ3n) is 2.81. The van der Waals surface area contributed by atoms with Gasteiger partial charge in [-0.3, -0.25) is 4.68 Å². The lowest BCUT2D eigenvalue weighted by atomic mass is 10.1. The maximum atomic E-state index is 4.20. The molecule has 0 fully saturated rings. The van der Waals surface area contributed by atoms with E-state index in [-0.39, 0.29) is 0 Å². The third-order valence-corrected chi connectivity index (χ3v) is 2.81. The van der Waals surface area contributed by atoms with Crippen molar-refractivity contribution >= 4 is 0 Å². The van der Waals surface area contributed by atoms with Crippen LogP contribution in [0.3, 0.4) is 0 Å². The van der Waals surface area contributed by atoms with Crippen LogP contribution in [0.15, 0.2) is 12.4 Å². The Morgan fingerprint density at radius 2 is 2.24 bits per heavy atom. The van der Waals surface area contributed by atoms with E-state index in [1.54, 1.807) is 0 Å². The zero-order chi connectivity index (χ0) is 12.7. The van der Waals surface area contributed by atoms with E-state index in [2.05, 4.69) is 42.5 Å². The molecule has 1 atom stereocenters. The molecule has 1 aromatic heterocycles. The largest absolute Gasteiger partial charge is 0.313 e. The van der Waals surface area contributed by atoms with Gasteiger partial charge in [0.2, 0.25) is 0 Å². The Bertz CT molecular complexity index is 306. The molecule has 4 nitrogen and oxygen atoms in total. The molecule has 0 aliphatic heterocycles. The first-order chi connectivity index (χ1) is 8.11. The lowest BCUT2D eigenvalue weighted by Gasteiger charge is -2.22. The summed E-state index contributed by atoms with van der Waals surface area (Å²) in [6.07, 6.45) is 7.53. The Kier molecular flexibility index (Phi) is 6.22. The predicted octanol–water partition coefficient (Wildman–Crippen LogP) is 1.28. The molecule has 0 saturated heterocycles. The first-order valence-corrected chi connectivity index (χ1v) is 6.47. The third kappa shape index (κ3) is 5.84. The van der Waals surface area contributed by atoms with E-state index in [0.29, 0.717) is 6.04 Å². The van der Waals surface area contributed by atoms with Gasteiger partial charge in [-0.15, -0.1) is 0 Å². The van der Waals surface area contributed by atoms with Crippen molar-refractivity contribution in [1.82, 2.24) is 20.0 Å². The molecule has 0 aliphatic rings. The minimum Gasteiger partial charge on any atom is -0.313 e. The topological polar surface area (TPSA) is 33.1 Å². The van der Waals surface area contributed by atoms with Crippen LogP contribution in [-0.2, 0) is 13.5 Å². The van der Waals surface area contributed by atoms with E-state index in [0.717, 1.165) is 19.5 Å². The molecule has 1 N–H and O–H groups in total. The number of hydrogen-bond acceptors (Lipinski definition) is 3. The Balaban J connectivity index is 2.36. The van der Waals surface area contributed by atoms with Crippen molar-refractivity contribution in [2.75, 3.05) is 27.2 Å². The summed E-state index contributed by atoms with van der Waals surface area (Å²) in [6, 6.07) is 0.574. The highest BCUT2D eigenvalue weighted by Gasteiger charge is 2.09. The molecule has 1 heterocycles. The van der Waals surface area contributed by atoms with Crippen LogP contribution in [0.4, 0.5) is 0 Å². The highest BCUT2D eigenvalue weighted by molar-refractivity contribution is 5.04. The number of likely N-dealkylation sites (N-methyl/N-ethyl adjacent to an activating group) is 1. The number of nitrogens with zero attached hydrogens (tertiary/aromatic N) is 3. The highest BCUT2D eigenvalue weighted by Crippen LogP contribution is 2.05. The summed E-state index contributed by atoms with van der Waals surface area (Å²) in [5.74, 6) is 0. The van der Waals surface area contributed by atoms with Gasteiger partial charge in [0, 0.05) is 25.8 Å². The first kappa shape index (κ1) is 14.2. The van der Waals surface area contributed by atoms with E-state index in [9.17, 15) is 0 Å². The molecule has 1 aromatic rings. The normalized spacial score (nSPS) is 13.2. The fourth-order valence-corrected chi connectivity index (χ4v) is 1.99. The second-order valence-corrected chi connectivity index (χ2v) is 4.97. The lowest BCUT2D eigenvalue weighted by molar-refractivity contribution is 0.326. The van der Waals surface area contributed by atoms with Crippen LogP contribution in [-0.4, -0.2) is 47.9 Å². The van der Waals surface area contributed by atoms with Crippen molar-refractivity contribution < 1.29 is 0 Å². The van der Waals surface area contributed by atoms with Gasteiger partial charge in [0.05, 0.1) is 6.20 Å². The summed E-state index contributed by atoms with van der Waals surface area (Å²) in [5, 5.41) is 7.81. The molecule has 1 rings (SSSR count). The average molecular weight is 238 g/mol. The van der Waals surface area contributed by atoms with E-state index in [1.807, 2.05) is 17.9 Å². The van der Waals surface area contributed by atoms with Crippen molar-refractivity contribution in [1.29, 1.82) is 0 Å².